The number of nitrogens with two attached hydrogens (primary N) is 1. The number of aliphatic hydroxyl groups excluding tert-OH is 1. The Bertz CT molecular complexity index is 114. The van der Waals surface area contributed by atoms with E-state index in [1.54, 1.807) is 6.92 Å². The van der Waals surface area contributed by atoms with E-state index in [0.717, 1.165) is 0 Å². The van der Waals surface area contributed by atoms with Crippen molar-refractivity contribution in [2.45, 2.75) is 31.9 Å². The summed E-state index contributed by atoms with van der Waals surface area (Å²) in [7, 11) is 0. The van der Waals surface area contributed by atoms with Gasteiger partial charge in [-0.05, 0) is 13.3 Å². The maximum absolute atomic E-state index is 9.97. The Labute approximate surface area is 59.7 Å². The van der Waals surface area contributed by atoms with Crippen molar-refractivity contribution < 1.29 is 15.0 Å². The molecule has 0 heterocycles. The normalized spacial score (nSPS) is 16.3. The molecule has 4 heteroatoms. The van der Waals surface area contributed by atoms with Crippen LogP contribution in [-0.4, -0.2) is 28.3 Å². The van der Waals surface area contributed by atoms with E-state index in [0.29, 0.717) is 0 Å². The third-order valence-electron chi connectivity index (χ3n) is 1.26. The van der Waals surface area contributed by atoms with Gasteiger partial charge in [-0.1, -0.05) is 0 Å². The Hall–Kier alpha value is -0.610. The van der Waals surface area contributed by atoms with Crippen molar-refractivity contribution >= 4 is 5.97 Å². The summed E-state index contributed by atoms with van der Waals surface area (Å²) in [5.41, 5.74) is 5.28. The highest BCUT2D eigenvalue weighted by molar-refractivity contribution is 5.66. The second kappa shape index (κ2) is 4.24. The first-order valence-electron chi connectivity index (χ1n) is 3.19. The summed E-state index contributed by atoms with van der Waals surface area (Å²) in [6.45, 7) is 1.65. The van der Waals surface area contributed by atoms with E-state index in [1.807, 2.05) is 0 Å². The first kappa shape index (κ1) is 9.39. The number of aliphatic hydroxyl groups is 1. The Morgan fingerprint density at radius 3 is 2.50 bits per heavy atom. The molecule has 2 atom stereocenters. The quantitative estimate of drug-likeness (QED) is 0.503. The van der Waals surface area contributed by atoms with Crippen LogP contribution in [0.5, 0.6) is 0 Å². The molecule has 10 heavy (non-hydrogen) atoms. The van der Waals surface area contributed by atoms with Crippen LogP contribution >= 0.6 is 0 Å². The minimum atomic E-state index is -0.903. The minimum absolute atomic E-state index is 0.0251. The zero-order valence-electron chi connectivity index (χ0n) is 5.95. The van der Waals surface area contributed by atoms with Gasteiger partial charge in [0.15, 0.2) is 0 Å². The number of hydrogen-bond acceptors (Lipinski definition) is 3. The van der Waals surface area contributed by atoms with Gasteiger partial charge in [0.05, 0.1) is 6.10 Å². The van der Waals surface area contributed by atoms with Crippen molar-refractivity contribution in [3.63, 3.8) is 0 Å². The highest BCUT2D eigenvalue weighted by Crippen LogP contribution is 1.99. The number of carbonyl (C=O) groups is 1. The molecular formula is C6H13NO3. The molecule has 0 spiro atoms. The van der Waals surface area contributed by atoms with Gasteiger partial charge in [0.25, 0.3) is 0 Å². The zero-order chi connectivity index (χ0) is 8.15. The first-order valence-corrected chi connectivity index (χ1v) is 3.19. The van der Waals surface area contributed by atoms with Crippen molar-refractivity contribution in [3.8, 4) is 0 Å². The van der Waals surface area contributed by atoms with Crippen LogP contribution in [-0.2, 0) is 4.79 Å². The molecule has 0 aliphatic carbocycles. The topological polar surface area (TPSA) is 83.5 Å². The molecule has 0 aliphatic heterocycles. The second-order valence-corrected chi connectivity index (χ2v) is 2.36. The number of carboxylic acid groups (broad SMARTS) is 1. The Kier molecular flexibility index (Phi) is 3.99. The van der Waals surface area contributed by atoms with Gasteiger partial charge < -0.3 is 15.9 Å². The molecule has 0 bridgehead atoms. The fourth-order valence-electron chi connectivity index (χ4n) is 0.534. The highest BCUT2D eigenvalue weighted by Gasteiger charge is 2.10. The molecule has 60 valence electrons. The number of aliphatic carboxylic acids is 1. The van der Waals surface area contributed by atoms with Gasteiger partial charge in [-0.3, -0.25) is 4.79 Å². The predicted molar refractivity (Wildman–Crippen MR) is 36.5 cm³/mol. The number of rotatable bonds is 4. The van der Waals surface area contributed by atoms with Crippen LogP contribution in [0, 0.1) is 0 Å². The lowest BCUT2D eigenvalue weighted by molar-refractivity contribution is -0.137. The van der Waals surface area contributed by atoms with Crippen LogP contribution in [0.1, 0.15) is 19.8 Å². The monoisotopic (exact) mass is 147 g/mol. The van der Waals surface area contributed by atoms with Crippen LogP contribution in [0.3, 0.4) is 0 Å². The van der Waals surface area contributed by atoms with E-state index >= 15 is 0 Å². The molecule has 2 unspecified atom stereocenters. The number of carboxylic acids is 1. The molecule has 0 fully saturated rings. The van der Waals surface area contributed by atoms with Crippen LogP contribution in [0.15, 0.2) is 0 Å². The van der Waals surface area contributed by atoms with E-state index < -0.39 is 12.1 Å². The SMILES string of the molecule is CC(N)C(O)CCC(=O)O. The summed E-state index contributed by atoms with van der Waals surface area (Å²) in [5.74, 6) is -0.903. The first-order chi connectivity index (χ1) is 4.54. The van der Waals surface area contributed by atoms with E-state index in [2.05, 4.69) is 0 Å². The van der Waals surface area contributed by atoms with Gasteiger partial charge in [-0.2, -0.15) is 0 Å². The third kappa shape index (κ3) is 4.29. The van der Waals surface area contributed by atoms with Crippen molar-refractivity contribution in [1.82, 2.24) is 0 Å². The molecule has 0 radical (unpaired) electrons. The standard InChI is InChI=1S/C6H13NO3/c1-4(7)5(8)2-3-6(9)10/h4-5,8H,2-3,7H2,1H3,(H,9,10). The molecule has 0 amide bonds. The maximum atomic E-state index is 9.97. The van der Waals surface area contributed by atoms with Crippen molar-refractivity contribution in [1.29, 1.82) is 0 Å². The fraction of sp³-hybridized carbons (Fsp3) is 0.833. The van der Waals surface area contributed by atoms with Crippen molar-refractivity contribution in [2.24, 2.45) is 5.73 Å². The summed E-state index contributed by atoms with van der Waals surface area (Å²) < 4.78 is 0. The smallest absolute Gasteiger partial charge is 0.303 e. The van der Waals surface area contributed by atoms with Crippen molar-refractivity contribution in [2.75, 3.05) is 0 Å². The van der Waals surface area contributed by atoms with Gasteiger partial charge in [0, 0.05) is 12.5 Å². The fourth-order valence-corrected chi connectivity index (χ4v) is 0.534. The van der Waals surface area contributed by atoms with Gasteiger partial charge >= 0.3 is 5.97 Å². The largest absolute Gasteiger partial charge is 0.481 e. The van der Waals surface area contributed by atoms with Gasteiger partial charge in [0.2, 0.25) is 0 Å². The van der Waals surface area contributed by atoms with Crippen LogP contribution < -0.4 is 5.73 Å². The van der Waals surface area contributed by atoms with E-state index in [9.17, 15) is 4.79 Å². The Morgan fingerprint density at radius 1 is 1.70 bits per heavy atom. The summed E-state index contributed by atoms with van der Waals surface area (Å²) in [6.07, 6.45) is -0.494. The molecule has 0 saturated heterocycles. The maximum Gasteiger partial charge on any atom is 0.303 e. The van der Waals surface area contributed by atoms with E-state index in [-0.39, 0.29) is 18.9 Å². The lowest BCUT2D eigenvalue weighted by atomic mass is 10.1. The summed E-state index contributed by atoms with van der Waals surface area (Å²) in [5, 5.41) is 17.2. The third-order valence-corrected chi connectivity index (χ3v) is 1.26. The van der Waals surface area contributed by atoms with Crippen LogP contribution in [0.2, 0.25) is 0 Å². The Morgan fingerprint density at radius 2 is 2.20 bits per heavy atom. The van der Waals surface area contributed by atoms with Crippen molar-refractivity contribution in [3.05, 3.63) is 0 Å². The summed E-state index contributed by atoms with van der Waals surface area (Å²) >= 11 is 0. The van der Waals surface area contributed by atoms with Crippen LogP contribution in [0.25, 0.3) is 0 Å². The lowest BCUT2D eigenvalue weighted by Crippen LogP contribution is -2.31. The van der Waals surface area contributed by atoms with Crippen LogP contribution in [0.4, 0.5) is 0 Å². The van der Waals surface area contributed by atoms with E-state index in [1.165, 1.54) is 0 Å². The summed E-state index contributed by atoms with van der Waals surface area (Å²) in [6, 6.07) is -0.348. The highest BCUT2D eigenvalue weighted by atomic mass is 16.4. The molecule has 0 saturated carbocycles. The molecule has 4 N–H and O–H groups in total. The van der Waals surface area contributed by atoms with E-state index in [4.69, 9.17) is 15.9 Å². The minimum Gasteiger partial charge on any atom is -0.481 e. The Balaban J connectivity index is 3.39. The lowest BCUT2D eigenvalue weighted by Gasteiger charge is -2.11. The van der Waals surface area contributed by atoms with Gasteiger partial charge in [-0.15, -0.1) is 0 Å². The van der Waals surface area contributed by atoms with Gasteiger partial charge in [-0.25, -0.2) is 0 Å². The molecule has 0 rings (SSSR count). The molecular weight excluding hydrogens is 134 g/mol. The van der Waals surface area contributed by atoms with Gasteiger partial charge in [0.1, 0.15) is 0 Å². The average Bonchev–Trinajstić information content (AvgIpc) is 1.82. The molecule has 0 aromatic heterocycles. The molecule has 0 aliphatic rings. The predicted octanol–water partition coefficient (Wildman–Crippen LogP) is -0.441. The summed E-state index contributed by atoms with van der Waals surface area (Å²) in [4.78, 5) is 9.97. The average molecular weight is 147 g/mol. The number of hydrogen-bond donors (Lipinski definition) is 3. The second-order valence-electron chi connectivity index (χ2n) is 2.36. The zero-order valence-corrected chi connectivity index (χ0v) is 5.95. The molecule has 0 aromatic carbocycles. The molecule has 0 aromatic rings. The molecule has 4 nitrogen and oxygen atoms in total.